The van der Waals surface area contributed by atoms with Crippen molar-refractivity contribution in [3.63, 3.8) is 0 Å². The second-order valence-electron chi connectivity index (χ2n) is 4.01. The second kappa shape index (κ2) is 5.19. The maximum Gasteiger partial charge on any atom is 0.226 e. The summed E-state index contributed by atoms with van der Waals surface area (Å²) in [5.74, 6) is 0.418. The molecular weight excluding hydrogens is 262 g/mol. The van der Waals surface area contributed by atoms with Gasteiger partial charge in [-0.05, 0) is 12.1 Å². The summed E-state index contributed by atoms with van der Waals surface area (Å²) in [5, 5.41) is 4.63. The van der Waals surface area contributed by atoms with Gasteiger partial charge in [0.05, 0.1) is 24.2 Å². The number of nitrogens with zero attached hydrogens (tertiary/aromatic N) is 2. The molecule has 2 heterocycles. The number of oxazole rings is 1. The Morgan fingerprint density at radius 2 is 2.26 bits per heavy atom. The molecule has 0 saturated heterocycles. The Morgan fingerprint density at radius 1 is 1.37 bits per heavy atom. The first-order chi connectivity index (χ1) is 9.31. The first kappa shape index (κ1) is 11.9. The van der Waals surface area contributed by atoms with Gasteiger partial charge in [0.1, 0.15) is 5.52 Å². The molecule has 0 aliphatic rings. The molecule has 0 atom stereocenters. The molecule has 96 valence electrons. The monoisotopic (exact) mass is 273 g/mol. The number of para-hydroxylation sites is 2. The van der Waals surface area contributed by atoms with Crippen molar-refractivity contribution in [2.45, 2.75) is 13.0 Å². The quantitative estimate of drug-likeness (QED) is 0.790. The van der Waals surface area contributed by atoms with E-state index >= 15 is 0 Å². The first-order valence-corrected chi connectivity index (χ1v) is 6.74. The van der Waals surface area contributed by atoms with E-state index in [2.05, 4.69) is 15.3 Å². The zero-order valence-corrected chi connectivity index (χ0v) is 10.8. The summed E-state index contributed by atoms with van der Waals surface area (Å²) in [4.78, 5) is 20.0. The van der Waals surface area contributed by atoms with E-state index in [0.29, 0.717) is 5.89 Å². The molecule has 19 heavy (non-hydrogen) atoms. The van der Waals surface area contributed by atoms with E-state index in [9.17, 15) is 4.79 Å². The number of nitrogens with one attached hydrogen (secondary N) is 1. The summed E-state index contributed by atoms with van der Waals surface area (Å²) in [6.07, 6.45) is 0.281. The smallest absolute Gasteiger partial charge is 0.226 e. The van der Waals surface area contributed by atoms with Gasteiger partial charge >= 0.3 is 0 Å². The summed E-state index contributed by atoms with van der Waals surface area (Å²) < 4.78 is 5.51. The second-order valence-corrected chi connectivity index (χ2v) is 4.73. The minimum Gasteiger partial charge on any atom is -0.439 e. The Bertz CT molecular complexity index is 658. The minimum absolute atomic E-state index is 0.0897. The molecule has 1 amide bonds. The van der Waals surface area contributed by atoms with Crippen LogP contribution in [0.3, 0.4) is 0 Å². The van der Waals surface area contributed by atoms with Gasteiger partial charge in [-0.3, -0.25) is 4.79 Å². The third kappa shape index (κ3) is 2.79. The van der Waals surface area contributed by atoms with Gasteiger partial charge in [0, 0.05) is 5.38 Å². The molecule has 0 bridgehead atoms. The van der Waals surface area contributed by atoms with E-state index < -0.39 is 0 Å². The van der Waals surface area contributed by atoms with E-state index in [-0.39, 0.29) is 18.9 Å². The Labute approximate surface area is 113 Å². The number of hydrogen-bond donors (Lipinski definition) is 1. The summed E-state index contributed by atoms with van der Waals surface area (Å²) in [6, 6.07) is 7.51. The van der Waals surface area contributed by atoms with Crippen molar-refractivity contribution >= 4 is 28.3 Å². The predicted molar refractivity (Wildman–Crippen MR) is 71.7 cm³/mol. The molecular formula is C13H11N3O2S. The molecule has 3 rings (SSSR count). The molecule has 1 aromatic carbocycles. The fourth-order valence-corrected chi connectivity index (χ4v) is 2.28. The highest BCUT2D eigenvalue weighted by atomic mass is 32.1. The average Bonchev–Trinajstić information content (AvgIpc) is 3.04. The first-order valence-electron chi connectivity index (χ1n) is 5.79. The van der Waals surface area contributed by atoms with Crippen LogP contribution >= 0.6 is 11.3 Å². The zero-order valence-electron chi connectivity index (χ0n) is 10.00. The third-order valence-electron chi connectivity index (χ3n) is 2.60. The topological polar surface area (TPSA) is 68.0 Å². The number of aromatic nitrogens is 2. The number of carbonyl (C=O) groups is 1. The Kier molecular flexibility index (Phi) is 3.24. The van der Waals surface area contributed by atoms with Gasteiger partial charge in [-0.1, -0.05) is 12.1 Å². The number of amides is 1. The number of rotatable bonds is 4. The number of hydrogen-bond acceptors (Lipinski definition) is 5. The van der Waals surface area contributed by atoms with Crippen molar-refractivity contribution < 1.29 is 9.21 Å². The molecule has 1 N–H and O–H groups in total. The molecule has 2 aromatic heterocycles. The number of benzene rings is 1. The lowest BCUT2D eigenvalue weighted by atomic mass is 10.3. The highest BCUT2D eigenvalue weighted by Gasteiger charge is 2.08. The summed E-state index contributed by atoms with van der Waals surface area (Å²) in [5.41, 5.74) is 4.02. The highest BCUT2D eigenvalue weighted by molar-refractivity contribution is 7.07. The number of carbonyl (C=O) groups excluding carboxylic acids is 1. The van der Waals surface area contributed by atoms with Gasteiger partial charge in [-0.2, -0.15) is 0 Å². The van der Waals surface area contributed by atoms with Gasteiger partial charge in [0.15, 0.2) is 5.58 Å². The van der Waals surface area contributed by atoms with Crippen LogP contribution < -0.4 is 5.32 Å². The average molecular weight is 273 g/mol. The Hall–Kier alpha value is -2.21. The van der Waals surface area contributed by atoms with Crippen LogP contribution in [0.25, 0.3) is 11.1 Å². The molecule has 6 heteroatoms. The SMILES string of the molecule is O=C(Cc1cscn1)NCc1nc2ccccc2o1. The minimum atomic E-state index is -0.0897. The maximum absolute atomic E-state index is 11.7. The largest absolute Gasteiger partial charge is 0.439 e. The van der Waals surface area contributed by atoms with Crippen molar-refractivity contribution in [3.8, 4) is 0 Å². The molecule has 0 aliphatic carbocycles. The predicted octanol–water partition coefficient (Wildman–Crippen LogP) is 2.14. The van der Waals surface area contributed by atoms with Crippen LogP contribution in [0.2, 0.25) is 0 Å². The number of thiazole rings is 1. The van der Waals surface area contributed by atoms with Gasteiger partial charge in [0.25, 0.3) is 0 Å². The third-order valence-corrected chi connectivity index (χ3v) is 3.24. The van der Waals surface area contributed by atoms with Gasteiger partial charge < -0.3 is 9.73 Å². The van der Waals surface area contributed by atoms with E-state index in [1.54, 1.807) is 5.51 Å². The molecule has 0 spiro atoms. The molecule has 0 saturated carbocycles. The Morgan fingerprint density at radius 3 is 3.05 bits per heavy atom. The van der Waals surface area contributed by atoms with Crippen LogP contribution in [0.15, 0.2) is 39.6 Å². The van der Waals surface area contributed by atoms with Crippen molar-refractivity contribution in [2.75, 3.05) is 0 Å². The van der Waals surface area contributed by atoms with Crippen LogP contribution in [0.4, 0.5) is 0 Å². The maximum atomic E-state index is 11.7. The van der Waals surface area contributed by atoms with Gasteiger partial charge in [-0.25, -0.2) is 9.97 Å². The van der Waals surface area contributed by atoms with Crippen LogP contribution in [0, 0.1) is 0 Å². The molecule has 3 aromatic rings. The standard InChI is InChI=1S/C13H11N3O2S/c17-12(5-9-7-19-8-15-9)14-6-13-16-10-3-1-2-4-11(10)18-13/h1-4,7-8H,5-6H2,(H,14,17). The van der Waals surface area contributed by atoms with E-state index in [0.717, 1.165) is 16.8 Å². The molecule has 5 nitrogen and oxygen atoms in total. The Balaban J connectivity index is 1.61. The normalized spacial score (nSPS) is 10.7. The highest BCUT2D eigenvalue weighted by Crippen LogP contribution is 2.14. The van der Waals surface area contributed by atoms with Crippen molar-refractivity contribution in [1.29, 1.82) is 0 Å². The van der Waals surface area contributed by atoms with Crippen molar-refractivity contribution in [2.24, 2.45) is 0 Å². The lowest BCUT2D eigenvalue weighted by Gasteiger charge is -2.00. The summed E-state index contributed by atoms with van der Waals surface area (Å²) >= 11 is 1.48. The van der Waals surface area contributed by atoms with E-state index in [1.165, 1.54) is 11.3 Å². The molecule has 0 radical (unpaired) electrons. The van der Waals surface area contributed by atoms with E-state index in [1.807, 2.05) is 29.6 Å². The van der Waals surface area contributed by atoms with Gasteiger partial charge in [0.2, 0.25) is 11.8 Å². The fourth-order valence-electron chi connectivity index (χ4n) is 1.72. The molecule has 0 aliphatic heterocycles. The zero-order chi connectivity index (χ0) is 13.1. The van der Waals surface area contributed by atoms with Crippen LogP contribution in [-0.4, -0.2) is 15.9 Å². The van der Waals surface area contributed by atoms with Crippen LogP contribution in [-0.2, 0) is 17.8 Å². The fraction of sp³-hybridized carbons (Fsp3) is 0.154. The number of fused-ring (bicyclic) bond motifs is 1. The molecule has 0 fully saturated rings. The van der Waals surface area contributed by atoms with Crippen molar-refractivity contribution in [1.82, 2.24) is 15.3 Å². The van der Waals surface area contributed by atoms with E-state index in [4.69, 9.17) is 4.42 Å². The van der Waals surface area contributed by atoms with Crippen LogP contribution in [0.5, 0.6) is 0 Å². The van der Waals surface area contributed by atoms with Crippen molar-refractivity contribution in [3.05, 3.63) is 46.7 Å². The molecule has 0 unspecified atom stereocenters. The van der Waals surface area contributed by atoms with Gasteiger partial charge in [-0.15, -0.1) is 11.3 Å². The lowest BCUT2D eigenvalue weighted by Crippen LogP contribution is -2.24. The summed E-state index contributed by atoms with van der Waals surface area (Å²) in [7, 11) is 0. The lowest BCUT2D eigenvalue weighted by molar-refractivity contribution is -0.120. The van der Waals surface area contributed by atoms with Crippen LogP contribution in [0.1, 0.15) is 11.6 Å². The summed E-state index contributed by atoms with van der Waals surface area (Å²) in [6.45, 7) is 0.289.